The van der Waals surface area contributed by atoms with Crippen molar-refractivity contribution in [3.63, 3.8) is 0 Å². The van der Waals surface area contributed by atoms with Crippen molar-refractivity contribution in [2.24, 2.45) is 0 Å². The SMILES string of the molecule is CCCCCCN(CCc1ccccc1)C(=O)COc1ccc(C[C@@H](OCC)C(=O)[O-])cc1.[Ca+2]. The van der Waals surface area contributed by atoms with Crippen LogP contribution in [0.1, 0.15) is 50.7 Å². The smallest absolute Gasteiger partial charge is 0.547 e. The summed E-state index contributed by atoms with van der Waals surface area (Å²) in [6.45, 7) is 5.60. The van der Waals surface area contributed by atoms with E-state index in [1.165, 1.54) is 12.0 Å². The van der Waals surface area contributed by atoms with Gasteiger partial charge in [0, 0.05) is 26.1 Å². The van der Waals surface area contributed by atoms with Crippen LogP contribution in [0.5, 0.6) is 5.75 Å². The van der Waals surface area contributed by atoms with E-state index in [2.05, 4.69) is 19.1 Å². The minimum Gasteiger partial charge on any atom is -0.547 e. The van der Waals surface area contributed by atoms with Gasteiger partial charge in [-0.15, -0.1) is 0 Å². The number of nitrogens with zero attached hydrogens (tertiary/aromatic N) is 1. The summed E-state index contributed by atoms with van der Waals surface area (Å²) in [5.41, 5.74) is 2.01. The van der Waals surface area contributed by atoms with Gasteiger partial charge in [-0.2, -0.15) is 0 Å². The topological polar surface area (TPSA) is 78.9 Å². The summed E-state index contributed by atoms with van der Waals surface area (Å²) in [6, 6.07) is 17.2. The molecule has 0 radical (unpaired) electrons. The normalized spacial score (nSPS) is 11.4. The molecular weight excluding hydrogens is 458 g/mol. The Morgan fingerprint density at radius 1 is 0.912 bits per heavy atom. The largest absolute Gasteiger partial charge is 2.00 e. The number of amides is 1. The number of carboxylic acids is 1. The molecule has 0 bridgehead atoms. The second kappa shape index (κ2) is 17.8. The predicted molar refractivity (Wildman–Crippen MR) is 133 cm³/mol. The number of carboxylic acid groups (broad SMARTS) is 1. The van der Waals surface area contributed by atoms with Gasteiger partial charge in [0.05, 0.1) is 5.97 Å². The fourth-order valence-electron chi connectivity index (χ4n) is 3.58. The average Bonchev–Trinajstić information content (AvgIpc) is 2.83. The summed E-state index contributed by atoms with van der Waals surface area (Å²) in [5.74, 6) is -0.681. The molecule has 34 heavy (non-hydrogen) atoms. The third-order valence-corrected chi connectivity index (χ3v) is 5.49. The van der Waals surface area contributed by atoms with Crippen LogP contribution in [-0.2, 0) is 27.2 Å². The standard InChI is InChI=1S/C27H37NO5.Ca/c1-3-5-6-10-18-28(19-17-22-11-8-7-9-12-22)26(29)21-33-24-15-13-23(14-16-24)20-25(27(30)31)32-4-2;/h7-9,11-16,25H,3-6,10,17-21H2,1-2H3,(H,30,31);/q;+2/p-1/t25-;/m1./s1. The molecule has 0 unspecified atom stereocenters. The molecule has 1 atom stereocenters. The molecule has 1 amide bonds. The van der Waals surface area contributed by atoms with E-state index in [4.69, 9.17) is 9.47 Å². The maximum absolute atomic E-state index is 12.9. The van der Waals surface area contributed by atoms with E-state index < -0.39 is 12.1 Å². The van der Waals surface area contributed by atoms with Crippen molar-refractivity contribution in [2.75, 3.05) is 26.3 Å². The maximum Gasteiger partial charge on any atom is 2.00 e. The Morgan fingerprint density at radius 3 is 2.24 bits per heavy atom. The number of rotatable bonds is 16. The molecule has 0 aliphatic heterocycles. The van der Waals surface area contributed by atoms with Crippen LogP contribution in [0, 0.1) is 0 Å². The molecule has 7 heteroatoms. The Labute approximate surface area is 233 Å². The van der Waals surface area contributed by atoms with Crippen LogP contribution in [0.2, 0.25) is 0 Å². The summed E-state index contributed by atoms with van der Waals surface area (Å²) in [6.07, 6.45) is 4.49. The van der Waals surface area contributed by atoms with Crippen LogP contribution < -0.4 is 9.84 Å². The molecule has 0 saturated carbocycles. The summed E-state index contributed by atoms with van der Waals surface area (Å²) >= 11 is 0. The Balaban J connectivity index is 0.00000578. The molecular formula is C27H36CaNO5+. The minimum absolute atomic E-state index is 0. The Hall–Kier alpha value is -1.60. The van der Waals surface area contributed by atoms with E-state index >= 15 is 0 Å². The average molecular weight is 495 g/mol. The second-order valence-electron chi connectivity index (χ2n) is 8.08. The van der Waals surface area contributed by atoms with Gasteiger partial charge < -0.3 is 24.3 Å². The van der Waals surface area contributed by atoms with Gasteiger partial charge in [-0.25, -0.2) is 0 Å². The molecule has 2 aromatic carbocycles. The monoisotopic (exact) mass is 494 g/mol. The molecule has 0 aliphatic rings. The minimum atomic E-state index is -1.22. The van der Waals surface area contributed by atoms with E-state index in [-0.39, 0.29) is 56.7 Å². The van der Waals surface area contributed by atoms with Crippen LogP contribution in [0.25, 0.3) is 0 Å². The van der Waals surface area contributed by atoms with Crippen molar-refractivity contribution in [3.05, 3.63) is 65.7 Å². The first-order valence-corrected chi connectivity index (χ1v) is 11.9. The number of aliphatic carboxylic acids is 1. The Bertz CT molecular complexity index is 829. The number of benzene rings is 2. The van der Waals surface area contributed by atoms with Crippen molar-refractivity contribution in [3.8, 4) is 5.75 Å². The summed E-state index contributed by atoms with van der Waals surface area (Å²) in [7, 11) is 0. The molecule has 2 aromatic rings. The van der Waals surface area contributed by atoms with Crippen LogP contribution in [0.4, 0.5) is 0 Å². The summed E-state index contributed by atoms with van der Waals surface area (Å²) in [5, 5.41) is 11.2. The summed E-state index contributed by atoms with van der Waals surface area (Å²) in [4.78, 5) is 25.9. The van der Waals surface area contributed by atoms with Gasteiger partial charge in [0.2, 0.25) is 0 Å². The predicted octanol–water partition coefficient (Wildman–Crippen LogP) is 3.03. The van der Waals surface area contributed by atoms with Gasteiger partial charge in [0.15, 0.2) is 6.61 Å². The molecule has 180 valence electrons. The zero-order chi connectivity index (χ0) is 23.9. The van der Waals surface area contributed by atoms with Crippen molar-refractivity contribution in [1.82, 2.24) is 4.90 Å². The van der Waals surface area contributed by atoms with Crippen molar-refractivity contribution >= 4 is 49.6 Å². The summed E-state index contributed by atoms with van der Waals surface area (Å²) < 4.78 is 10.9. The molecule has 0 aromatic heterocycles. The Morgan fingerprint density at radius 2 is 1.62 bits per heavy atom. The van der Waals surface area contributed by atoms with Crippen molar-refractivity contribution in [2.45, 2.75) is 58.5 Å². The number of carbonyl (C=O) groups is 2. The van der Waals surface area contributed by atoms with E-state index in [9.17, 15) is 14.7 Å². The van der Waals surface area contributed by atoms with Crippen molar-refractivity contribution < 1.29 is 24.2 Å². The quantitative estimate of drug-likeness (QED) is 0.265. The number of hydrogen-bond donors (Lipinski definition) is 0. The molecule has 0 aliphatic carbocycles. The molecule has 0 heterocycles. The maximum atomic E-state index is 12.9. The van der Waals surface area contributed by atoms with E-state index in [0.717, 1.165) is 37.8 Å². The molecule has 6 nitrogen and oxygen atoms in total. The van der Waals surface area contributed by atoms with Crippen molar-refractivity contribution in [1.29, 1.82) is 0 Å². The number of hydrogen-bond acceptors (Lipinski definition) is 5. The number of unbranched alkanes of at least 4 members (excludes halogenated alkanes) is 3. The van der Waals surface area contributed by atoms with E-state index in [0.29, 0.717) is 18.9 Å². The van der Waals surface area contributed by atoms with E-state index in [1.807, 2.05) is 23.1 Å². The van der Waals surface area contributed by atoms with Crippen LogP contribution in [0.3, 0.4) is 0 Å². The third-order valence-electron chi connectivity index (χ3n) is 5.49. The Kier molecular flexibility index (Phi) is 15.9. The second-order valence-corrected chi connectivity index (χ2v) is 8.08. The molecule has 0 fully saturated rings. The first-order chi connectivity index (χ1) is 16.0. The first-order valence-electron chi connectivity index (χ1n) is 11.9. The third kappa shape index (κ3) is 11.7. The van der Waals surface area contributed by atoms with Crippen LogP contribution >= 0.6 is 0 Å². The van der Waals surface area contributed by atoms with Crippen LogP contribution in [0.15, 0.2) is 54.6 Å². The molecule has 0 saturated heterocycles. The molecule has 2 rings (SSSR count). The zero-order valence-corrected chi connectivity index (χ0v) is 22.7. The van der Waals surface area contributed by atoms with Gasteiger partial charge >= 0.3 is 37.7 Å². The van der Waals surface area contributed by atoms with Gasteiger partial charge in [0.1, 0.15) is 11.9 Å². The van der Waals surface area contributed by atoms with Gasteiger partial charge in [0.25, 0.3) is 5.91 Å². The van der Waals surface area contributed by atoms with Gasteiger partial charge in [-0.3, -0.25) is 4.79 Å². The number of ether oxygens (including phenoxy) is 2. The zero-order valence-electron chi connectivity index (χ0n) is 20.5. The fourth-order valence-corrected chi connectivity index (χ4v) is 3.58. The first kappa shape index (κ1) is 30.4. The fraction of sp³-hybridized carbons (Fsp3) is 0.481. The molecule has 0 N–H and O–H groups in total. The van der Waals surface area contributed by atoms with E-state index in [1.54, 1.807) is 31.2 Å². The van der Waals surface area contributed by atoms with Crippen LogP contribution in [-0.4, -0.2) is 86.9 Å². The van der Waals surface area contributed by atoms with Gasteiger partial charge in [-0.1, -0.05) is 68.7 Å². The van der Waals surface area contributed by atoms with Gasteiger partial charge in [-0.05, 0) is 43.0 Å². The number of carbonyl (C=O) groups excluding carboxylic acids is 2. The molecule has 0 spiro atoms.